The summed E-state index contributed by atoms with van der Waals surface area (Å²) in [6.45, 7) is 1.95. The molecule has 1 heterocycles. The third-order valence-corrected chi connectivity index (χ3v) is 3.22. The van der Waals surface area contributed by atoms with E-state index in [2.05, 4.69) is 20.8 Å². The first kappa shape index (κ1) is 13.8. The van der Waals surface area contributed by atoms with E-state index >= 15 is 0 Å². The molecule has 0 spiro atoms. The molecule has 0 fully saturated rings. The summed E-state index contributed by atoms with van der Waals surface area (Å²) in [5.41, 5.74) is 2.97. The lowest BCUT2D eigenvalue weighted by Gasteiger charge is -2.07. The molecule has 0 atom stereocenters. The number of benzene rings is 2. The van der Waals surface area contributed by atoms with E-state index in [-0.39, 0.29) is 0 Å². The number of carbonyl (C=O) groups is 2. The number of nitrogens with one attached hydrogen (secondary N) is 3. The van der Waals surface area contributed by atoms with Gasteiger partial charge in [-0.1, -0.05) is 17.7 Å². The summed E-state index contributed by atoms with van der Waals surface area (Å²) in [4.78, 5) is 23.8. The van der Waals surface area contributed by atoms with E-state index in [1.165, 1.54) is 0 Å². The Kier molecular flexibility index (Phi) is 3.57. The van der Waals surface area contributed by atoms with Gasteiger partial charge in [-0.2, -0.15) is 5.10 Å². The number of aromatic amines is 1. The fraction of sp³-hybridized carbons (Fsp3) is 0.0625. The van der Waals surface area contributed by atoms with Crippen molar-refractivity contribution in [1.29, 1.82) is 0 Å². The molecule has 3 aromatic rings. The van der Waals surface area contributed by atoms with Gasteiger partial charge >= 0.3 is 11.8 Å². The second-order valence-electron chi connectivity index (χ2n) is 4.95. The van der Waals surface area contributed by atoms with Crippen LogP contribution in [-0.4, -0.2) is 22.0 Å². The number of amides is 2. The third kappa shape index (κ3) is 2.95. The van der Waals surface area contributed by atoms with Gasteiger partial charge in [-0.05, 0) is 37.3 Å². The van der Waals surface area contributed by atoms with Crippen LogP contribution in [0, 0.1) is 6.92 Å². The molecular formula is C16H14N4O2. The number of H-pyrrole nitrogens is 1. The van der Waals surface area contributed by atoms with Crippen molar-refractivity contribution < 1.29 is 9.59 Å². The van der Waals surface area contributed by atoms with Crippen LogP contribution in [0.5, 0.6) is 0 Å². The molecule has 0 aliphatic heterocycles. The first-order valence-electron chi connectivity index (χ1n) is 6.74. The van der Waals surface area contributed by atoms with Crippen molar-refractivity contribution in [2.45, 2.75) is 6.92 Å². The zero-order chi connectivity index (χ0) is 15.5. The standard InChI is InChI=1S/C16H14N4O2/c1-10-2-5-12(6-3-10)18-15(21)16(22)19-13-7-4-11-9-17-20-14(11)8-13/h2-9H,1H3,(H,17,20)(H,18,21)(H,19,22). The molecule has 2 aromatic carbocycles. The fourth-order valence-electron chi connectivity index (χ4n) is 2.03. The molecule has 1 aromatic heterocycles. The molecule has 110 valence electrons. The Balaban J connectivity index is 1.67. The normalized spacial score (nSPS) is 10.4. The van der Waals surface area contributed by atoms with Crippen LogP contribution in [-0.2, 0) is 9.59 Å². The Morgan fingerprint density at radius 1 is 0.955 bits per heavy atom. The third-order valence-electron chi connectivity index (χ3n) is 3.22. The predicted octanol–water partition coefficient (Wildman–Crippen LogP) is 2.45. The van der Waals surface area contributed by atoms with Gasteiger partial charge in [0.1, 0.15) is 0 Å². The average Bonchev–Trinajstić information content (AvgIpc) is 2.97. The lowest BCUT2D eigenvalue weighted by molar-refractivity contribution is -0.132. The van der Waals surface area contributed by atoms with E-state index in [4.69, 9.17) is 0 Å². The van der Waals surface area contributed by atoms with Crippen LogP contribution in [0.2, 0.25) is 0 Å². The summed E-state index contributed by atoms with van der Waals surface area (Å²) >= 11 is 0. The molecule has 22 heavy (non-hydrogen) atoms. The van der Waals surface area contributed by atoms with Crippen molar-refractivity contribution in [2.75, 3.05) is 10.6 Å². The molecule has 0 unspecified atom stereocenters. The van der Waals surface area contributed by atoms with Gasteiger partial charge in [0, 0.05) is 16.8 Å². The number of aromatic nitrogens is 2. The number of hydrogen-bond acceptors (Lipinski definition) is 3. The van der Waals surface area contributed by atoms with Crippen LogP contribution in [0.4, 0.5) is 11.4 Å². The topological polar surface area (TPSA) is 86.9 Å². The number of anilines is 2. The minimum Gasteiger partial charge on any atom is -0.318 e. The lowest BCUT2D eigenvalue weighted by Crippen LogP contribution is -2.29. The Morgan fingerprint density at radius 2 is 1.59 bits per heavy atom. The Bertz CT molecular complexity index is 837. The highest BCUT2D eigenvalue weighted by Gasteiger charge is 2.14. The molecule has 0 saturated heterocycles. The number of rotatable bonds is 2. The molecule has 0 radical (unpaired) electrons. The first-order valence-corrected chi connectivity index (χ1v) is 6.74. The van der Waals surface area contributed by atoms with E-state index < -0.39 is 11.8 Å². The first-order chi connectivity index (χ1) is 10.6. The van der Waals surface area contributed by atoms with Crippen molar-refractivity contribution in [3.63, 3.8) is 0 Å². The molecule has 6 heteroatoms. The highest BCUT2D eigenvalue weighted by molar-refractivity contribution is 6.43. The number of fused-ring (bicyclic) bond motifs is 1. The van der Waals surface area contributed by atoms with Crippen LogP contribution in [0.15, 0.2) is 48.7 Å². The van der Waals surface area contributed by atoms with Gasteiger partial charge in [0.15, 0.2) is 0 Å². The van der Waals surface area contributed by atoms with E-state index in [1.54, 1.807) is 30.5 Å². The largest absolute Gasteiger partial charge is 0.318 e. The molecule has 3 N–H and O–H groups in total. The quantitative estimate of drug-likeness (QED) is 0.634. The molecule has 0 bridgehead atoms. The summed E-state index contributed by atoms with van der Waals surface area (Å²) in [5.74, 6) is -1.44. The van der Waals surface area contributed by atoms with Gasteiger partial charge in [0.2, 0.25) is 0 Å². The lowest BCUT2D eigenvalue weighted by atomic mass is 10.2. The average molecular weight is 294 g/mol. The molecular weight excluding hydrogens is 280 g/mol. The van der Waals surface area contributed by atoms with Crippen LogP contribution >= 0.6 is 0 Å². The van der Waals surface area contributed by atoms with Gasteiger partial charge in [-0.3, -0.25) is 14.7 Å². The zero-order valence-electron chi connectivity index (χ0n) is 11.9. The monoisotopic (exact) mass is 294 g/mol. The number of hydrogen-bond donors (Lipinski definition) is 3. The summed E-state index contributed by atoms with van der Waals surface area (Å²) in [6, 6.07) is 12.5. The molecule has 0 saturated carbocycles. The number of carbonyl (C=O) groups excluding carboxylic acids is 2. The molecule has 2 amide bonds. The number of aryl methyl sites for hydroxylation is 1. The second-order valence-corrected chi connectivity index (χ2v) is 4.95. The smallest absolute Gasteiger partial charge is 0.314 e. The zero-order valence-corrected chi connectivity index (χ0v) is 11.9. The van der Waals surface area contributed by atoms with Crippen molar-refractivity contribution in [1.82, 2.24) is 10.2 Å². The summed E-state index contributed by atoms with van der Waals surface area (Å²) in [7, 11) is 0. The minimum absolute atomic E-state index is 0.529. The SMILES string of the molecule is Cc1ccc(NC(=O)C(=O)Nc2ccc3cn[nH]c3c2)cc1. The van der Waals surface area contributed by atoms with E-state index in [9.17, 15) is 9.59 Å². The van der Waals surface area contributed by atoms with E-state index in [0.717, 1.165) is 16.5 Å². The van der Waals surface area contributed by atoms with E-state index in [1.807, 2.05) is 25.1 Å². The van der Waals surface area contributed by atoms with Crippen molar-refractivity contribution in [2.24, 2.45) is 0 Å². The summed E-state index contributed by atoms with van der Waals surface area (Å²) in [5, 5.41) is 12.7. The Morgan fingerprint density at radius 3 is 2.32 bits per heavy atom. The van der Waals surface area contributed by atoms with E-state index in [0.29, 0.717) is 11.4 Å². The van der Waals surface area contributed by atoms with Gasteiger partial charge in [0.25, 0.3) is 0 Å². The van der Waals surface area contributed by atoms with Crippen LogP contribution < -0.4 is 10.6 Å². The van der Waals surface area contributed by atoms with Gasteiger partial charge in [0.05, 0.1) is 11.7 Å². The van der Waals surface area contributed by atoms with Gasteiger partial charge in [-0.15, -0.1) is 0 Å². The summed E-state index contributed by atoms with van der Waals surface area (Å²) in [6.07, 6.45) is 1.69. The Hall–Kier alpha value is -3.15. The van der Waals surface area contributed by atoms with Crippen LogP contribution in [0.25, 0.3) is 10.9 Å². The van der Waals surface area contributed by atoms with Gasteiger partial charge in [-0.25, -0.2) is 0 Å². The highest BCUT2D eigenvalue weighted by Crippen LogP contribution is 2.16. The van der Waals surface area contributed by atoms with Crippen LogP contribution in [0.1, 0.15) is 5.56 Å². The maximum atomic E-state index is 11.9. The molecule has 0 aliphatic carbocycles. The molecule has 6 nitrogen and oxygen atoms in total. The number of nitrogens with zero attached hydrogens (tertiary/aromatic N) is 1. The Labute approximate surface area is 126 Å². The highest BCUT2D eigenvalue weighted by atomic mass is 16.2. The molecule has 3 rings (SSSR count). The second kappa shape index (κ2) is 5.69. The predicted molar refractivity (Wildman–Crippen MR) is 84.5 cm³/mol. The maximum Gasteiger partial charge on any atom is 0.314 e. The maximum absolute atomic E-state index is 11.9. The minimum atomic E-state index is -0.723. The van der Waals surface area contributed by atoms with Crippen molar-refractivity contribution >= 4 is 34.1 Å². The summed E-state index contributed by atoms with van der Waals surface area (Å²) < 4.78 is 0. The molecule has 0 aliphatic rings. The van der Waals surface area contributed by atoms with Crippen LogP contribution in [0.3, 0.4) is 0 Å². The fourth-order valence-corrected chi connectivity index (χ4v) is 2.03. The van der Waals surface area contributed by atoms with Crippen molar-refractivity contribution in [3.05, 3.63) is 54.2 Å². The van der Waals surface area contributed by atoms with Gasteiger partial charge < -0.3 is 10.6 Å². The van der Waals surface area contributed by atoms with Crippen molar-refractivity contribution in [3.8, 4) is 0 Å².